The lowest BCUT2D eigenvalue weighted by Crippen LogP contribution is -2.22. The number of allylic oxidation sites excluding steroid dienone is 2. The molecule has 1 unspecified atom stereocenters. The van der Waals surface area contributed by atoms with E-state index in [0.29, 0.717) is 56.0 Å². The minimum Gasteiger partial charge on any atom is -0.485 e. The third-order valence-electron chi connectivity index (χ3n) is 26.3. The van der Waals surface area contributed by atoms with Crippen LogP contribution in [0.15, 0.2) is 267 Å². The summed E-state index contributed by atoms with van der Waals surface area (Å²) in [5.74, 6) is 20.8. The summed E-state index contributed by atoms with van der Waals surface area (Å²) in [7, 11) is 0. The maximum absolute atomic E-state index is 14.7. The number of aryl methyl sites for hydroxylation is 9. The minimum atomic E-state index is -0.693. The molecule has 1 atom stereocenters. The Morgan fingerprint density at radius 2 is 0.628 bits per heavy atom. The van der Waals surface area contributed by atoms with Gasteiger partial charge in [-0.3, -0.25) is 0 Å². The third kappa shape index (κ3) is 26.0. The predicted molar refractivity (Wildman–Crippen MR) is 528 cm³/mol. The zero-order valence-electron chi connectivity index (χ0n) is 76.8. The molecule has 18 rings (SSSR count). The molecule has 13 aromatic carbocycles. The molecule has 3 saturated carbocycles. The SMILES string of the molecule is Cc1ccc(-c2ccc(-c3ccc(C4CCC(C)CC4)cc3)cc2F)cc1.Cc1ccc(-c2ccc(C#Cc3c(F)cc(C)cc3F)cc2)cc1.Cc1ccc(C#Cc2ccc(C)cc2)cc1.Cc1ccc(C#Cc2ccc(C3CCC(C)CC3)cc2)cc1.Cc1ccc(C2=CCC(C3CCC(C)CC3)CC2)c(F)c1F.Cc1ccc2c(c1F)COc1c-2ccc(C)c1F.[HH].[HH].[HH]. The average molecular weight is 1730 g/mol. The molecule has 0 aromatic heterocycles. The summed E-state index contributed by atoms with van der Waals surface area (Å²) in [6, 6.07) is 85.0. The van der Waals surface area contributed by atoms with E-state index in [2.05, 4.69) is 229 Å². The first kappa shape index (κ1) is 94.2. The standard InChI is InChI=1S/C26H27F.C22H16F2.C22H24.C20H26F2.C16H14.C15H12F2O.3H2/c1-18-3-7-20(8-4-18)21-11-13-22(14-12-21)24-15-16-25(26(27)17-24)23-9-5-19(2)6-10-23;1-15-3-8-18(9-4-15)19-10-5-17(6-11-19)7-12-20-21(23)13-16(2)14-22(20)24;1-17-3-7-19(8-4-17)9-10-20-11-15-22(16-12-20)21-13-5-18(2)6-14-21;1-13-3-6-15(7-4-13)16-8-10-17(11-9-16)18-12-5-14(2)19(21)20(18)22;1-13-3-7-15(8-4-13)11-12-16-9-5-14(2)6-10-16;1-8-3-5-10-11-6-4-9(2)14(17)15(11)18-7-12(10)13(8)16;;;/h5-6,9-18,20H,3-4,7-8H2,1-2H3;3-6,8-11,13-14H,1-2H3;3-4,7-8,11-12,15-16,18,21H,5-6,13-14H2,1-2H3;5,10,12-13,15-16H,3-4,6-9,11H2,1-2H3;3-10H,1-2H3;3-6H,7H2,1-2H3;3*1H. The van der Waals surface area contributed by atoms with Crippen molar-refractivity contribution in [1.29, 1.82) is 0 Å². The Morgan fingerprint density at radius 3 is 1.08 bits per heavy atom. The fraction of sp³-hybridized carbons (Fsp3) is 0.289. The Hall–Kier alpha value is -12.4. The van der Waals surface area contributed by atoms with Gasteiger partial charge >= 0.3 is 0 Å². The molecule has 0 spiro atoms. The van der Waals surface area contributed by atoms with E-state index in [-0.39, 0.29) is 39.7 Å². The maximum Gasteiger partial charge on any atom is 0.168 e. The van der Waals surface area contributed by atoms with Crippen molar-refractivity contribution in [1.82, 2.24) is 0 Å². The lowest BCUT2D eigenvalue weighted by Gasteiger charge is -2.34. The lowest BCUT2D eigenvalue weighted by molar-refractivity contribution is 0.202. The molecule has 4 aliphatic carbocycles. The van der Waals surface area contributed by atoms with Crippen LogP contribution in [0.4, 0.5) is 30.7 Å². The second-order valence-electron chi connectivity index (χ2n) is 36.5. The van der Waals surface area contributed by atoms with Gasteiger partial charge in [-0.25, -0.2) is 30.7 Å². The molecule has 1 heterocycles. The second-order valence-corrected chi connectivity index (χ2v) is 36.5. The Balaban J connectivity index is 0.000000165. The smallest absolute Gasteiger partial charge is 0.168 e. The van der Waals surface area contributed by atoms with Gasteiger partial charge in [-0.05, 0) is 313 Å². The molecule has 1 nitrogen and oxygen atoms in total. The van der Waals surface area contributed by atoms with E-state index in [1.165, 1.54) is 128 Å². The highest BCUT2D eigenvalue weighted by Crippen LogP contribution is 2.45. The molecule has 13 aromatic rings. The van der Waals surface area contributed by atoms with Crippen molar-refractivity contribution in [2.75, 3.05) is 0 Å². The minimum absolute atomic E-state index is 0. The van der Waals surface area contributed by atoms with E-state index in [4.69, 9.17) is 4.74 Å². The van der Waals surface area contributed by atoms with Gasteiger partial charge in [0.2, 0.25) is 0 Å². The Morgan fingerprint density at radius 1 is 0.279 bits per heavy atom. The van der Waals surface area contributed by atoms with Crippen LogP contribution in [0.3, 0.4) is 0 Å². The van der Waals surface area contributed by atoms with E-state index >= 15 is 0 Å². The van der Waals surface area contributed by atoms with Gasteiger partial charge in [-0.1, -0.05) is 311 Å². The van der Waals surface area contributed by atoms with Gasteiger partial charge in [0.1, 0.15) is 29.9 Å². The number of ether oxygens (including phenoxy) is 1. The van der Waals surface area contributed by atoms with Crippen molar-refractivity contribution in [2.24, 2.45) is 29.6 Å². The molecule has 0 amide bonds. The van der Waals surface area contributed by atoms with Crippen LogP contribution >= 0.6 is 0 Å². The largest absolute Gasteiger partial charge is 0.485 e. The highest BCUT2D eigenvalue weighted by Gasteiger charge is 2.30. The first-order chi connectivity index (χ1) is 62.2. The lowest BCUT2D eigenvalue weighted by atomic mass is 9.71. The molecule has 0 N–H and O–H groups in total. The Kier molecular flexibility index (Phi) is 32.9. The van der Waals surface area contributed by atoms with Crippen molar-refractivity contribution in [3.8, 4) is 85.8 Å². The molecule has 3 fully saturated rings. The van der Waals surface area contributed by atoms with Crippen molar-refractivity contribution in [3.63, 3.8) is 0 Å². The average Bonchev–Trinajstić information content (AvgIpc) is 0.760. The van der Waals surface area contributed by atoms with Gasteiger partial charge in [-0.2, -0.15) is 0 Å². The highest BCUT2D eigenvalue weighted by atomic mass is 19.2. The van der Waals surface area contributed by atoms with Gasteiger partial charge in [0.05, 0.1) is 5.56 Å². The fourth-order valence-corrected chi connectivity index (χ4v) is 17.7. The van der Waals surface area contributed by atoms with E-state index < -0.39 is 23.3 Å². The van der Waals surface area contributed by atoms with E-state index in [9.17, 15) is 30.7 Å². The van der Waals surface area contributed by atoms with E-state index in [0.717, 1.165) is 116 Å². The summed E-state index contributed by atoms with van der Waals surface area (Å²) in [6.45, 7) is 24.2. The van der Waals surface area contributed by atoms with Crippen LogP contribution in [0.5, 0.6) is 5.75 Å². The summed E-state index contributed by atoms with van der Waals surface area (Å²) in [5.41, 5.74) is 25.1. The molecular formula is C121H125F7O. The van der Waals surface area contributed by atoms with Crippen molar-refractivity contribution in [2.45, 2.75) is 198 Å². The predicted octanol–water partition coefficient (Wildman–Crippen LogP) is 34.0. The van der Waals surface area contributed by atoms with E-state index in [1.54, 1.807) is 64.1 Å². The third-order valence-corrected chi connectivity index (χ3v) is 26.3. The summed E-state index contributed by atoms with van der Waals surface area (Å²) >= 11 is 0. The topological polar surface area (TPSA) is 9.23 Å². The Bertz CT molecular complexity index is 6070. The molecular weight excluding hydrogens is 1600 g/mol. The molecule has 8 heteroatoms. The normalized spacial score (nSPS) is 17.5. The monoisotopic (exact) mass is 1730 g/mol. The molecule has 664 valence electrons. The van der Waals surface area contributed by atoms with Crippen LogP contribution in [-0.4, -0.2) is 0 Å². The van der Waals surface area contributed by atoms with Crippen LogP contribution in [0, 0.1) is 168 Å². The zero-order chi connectivity index (χ0) is 91.2. The van der Waals surface area contributed by atoms with Crippen LogP contribution in [0.25, 0.3) is 50.1 Å². The summed E-state index contributed by atoms with van der Waals surface area (Å²) in [4.78, 5) is 0. The van der Waals surface area contributed by atoms with Crippen LogP contribution in [0.2, 0.25) is 0 Å². The molecule has 129 heavy (non-hydrogen) atoms. The molecule has 5 aliphatic rings. The van der Waals surface area contributed by atoms with Crippen molar-refractivity contribution in [3.05, 3.63) is 413 Å². The highest BCUT2D eigenvalue weighted by molar-refractivity contribution is 5.77. The number of fused-ring (bicyclic) bond motifs is 3. The van der Waals surface area contributed by atoms with Crippen LogP contribution < -0.4 is 4.74 Å². The molecule has 0 bridgehead atoms. The molecule has 0 radical (unpaired) electrons. The van der Waals surface area contributed by atoms with Gasteiger partial charge in [0, 0.05) is 54.4 Å². The van der Waals surface area contributed by atoms with Crippen molar-refractivity contribution >= 4 is 5.57 Å². The van der Waals surface area contributed by atoms with Gasteiger partial charge in [0.15, 0.2) is 23.2 Å². The van der Waals surface area contributed by atoms with Gasteiger partial charge in [0.25, 0.3) is 0 Å². The van der Waals surface area contributed by atoms with Crippen molar-refractivity contribution < 1.29 is 39.7 Å². The van der Waals surface area contributed by atoms with Crippen LogP contribution in [0.1, 0.15) is 239 Å². The zero-order valence-corrected chi connectivity index (χ0v) is 76.8. The molecule has 0 saturated heterocycles. The Labute approximate surface area is 767 Å². The van der Waals surface area contributed by atoms with Gasteiger partial charge in [-0.15, -0.1) is 0 Å². The number of halogens is 7. The second kappa shape index (κ2) is 45.0. The fourth-order valence-electron chi connectivity index (χ4n) is 17.7. The summed E-state index contributed by atoms with van der Waals surface area (Å²) in [5, 5.41) is 0. The number of hydrogen-bond acceptors (Lipinski definition) is 1. The first-order valence-corrected chi connectivity index (χ1v) is 46.0. The quantitative estimate of drug-likeness (QED) is 0.114. The summed E-state index contributed by atoms with van der Waals surface area (Å²) in [6.07, 6.45) is 21.3. The number of hydrogen-bond donors (Lipinski definition) is 0. The molecule has 1 aliphatic heterocycles. The van der Waals surface area contributed by atoms with E-state index in [1.807, 2.05) is 80.6 Å². The number of rotatable bonds is 7. The number of benzene rings is 13. The summed E-state index contributed by atoms with van der Waals surface area (Å²) < 4.78 is 103. The van der Waals surface area contributed by atoms with Gasteiger partial charge < -0.3 is 4.74 Å². The first-order valence-electron chi connectivity index (χ1n) is 46.0. The van der Waals surface area contributed by atoms with Crippen LogP contribution in [-0.2, 0) is 6.61 Å². The maximum atomic E-state index is 14.7.